The van der Waals surface area contributed by atoms with E-state index in [1.807, 2.05) is 0 Å². The molecule has 0 bridgehead atoms. The summed E-state index contributed by atoms with van der Waals surface area (Å²) in [6.07, 6.45) is 2.69. The first-order chi connectivity index (χ1) is 8.56. The normalized spacial score (nSPS) is 14.6. The van der Waals surface area contributed by atoms with Gasteiger partial charge in [0.15, 0.2) is 0 Å². The van der Waals surface area contributed by atoms with Crippen molar-refractivity contribution in [3.05, 3.63) is 28.0 Å². The Bertz CT molecular complexity index is 440. The number of carbonyl (C=O) groups is 1. The highest BCUT2D eigenvalue weighted by molar-refractivity contribution is 6.39. The number of anilines is 1. The van der Waals surface area contributed by atoms with E-state index in [9.17, 15) is 9.18 Å². The lowest BCUT2D eigenvalue weighted by Crippen LogP contribution is -2.23. The minimum absolute atomic E-state index is 0.100. The lowest BCUT2D eigenvalue weighted by molar-refractivity contribution is -0.116. The molecule has 1 saturated carbocycles. The Labute approximate surface area is 115 Å². The van der Waals surface area contributed by atoms with Gasteiger partial charge in [0.1, 0.15) is 5.82 Å². The molecule has 0 saturated heterocycles. The number of rotatable bonds is 5. The summed E-state index contributed by atoms with van der Waals surface area (Å²) in [5, 5.41) is 6.02. The van der Waals surface area contributed by atoms with Crippen LogP contribution in [-0.2, 0) is 4.79 Å². The molecule has 1 amide bonds. The number of halogens is 3. The zero-order chi connectivity index (χ0) is 13.1. The number of amides is 1. The Kier molecular flexibility index (Phi) is 4.43. The van der Waals surface area contributed by atoms with Crippen LogP contribution in [0.25, 0.3) is 0 Å². The molecule has 18 heavy (non-hydrogen) atoms. The molecule has 0 aromatic heterocycles. The molecule has 0 heterocycles. The van der Waals surface area contributed by atoms with Gasteiger partial charge in [-0.15, -0.1) is 0 Å². The van der Waals surface area contributed by atoms with Crippen LogP contribution in [-0.4, -0.2) is 18.5 Å². The van der Waals surface area contributed by atoms with Gasteiger partial charge < -0.3 is 10.6 Å². The molecule has 1 aromatic rings. The Hall–Kier alpha value is -0.840. The molecule has 0 atom stereocenters. The van der Waals surface area contributed by atoms with Crippen LogP contribution in [0.5, 0.6) is 0 Å². The second kappa shape index (κ2) is 5.87. The fourth-order valence-corrected chi connectivity index (χ4v) is 2.10. The van der Waals surface area contributed by atoms with Crippen LogP contribution in [0.2, 0.25) is 10.0 Å². The smallest absolute Gasteiger partial charge is 0.225 e. The number of hydrogen-bond donors (Lipinski definition) is 2. The monoisotopic (exact) mass is 290 g/mol. The maximum atomic E-state index is 13.0. The van der Waals surface area contributed by atoms with Crippen molar-refractivity contribution in [1.29, 1.82) is 0 Å². The molecule has 98 valence electrons. The third kappa shape index (κ3) is 3.83. The van der Waals surface area contributed by atoms with E-state index in [2.05, 4.69) is 10.6 Å². The Balaban J connectivity index is 1.89. The summed E-state index contributed by atoms with van der Waals surface area (Å²) in [6.45, 7) is 0.618. The average molecular weight is 291 g/mol. The predicted molar refractivity (Wildman–Crippen MR) is 70.7 cm³/mol. The van der Waals surface area contributed by atoms with E-state index in [0.29, 0.717) is 19.0 Å². The third-order valence-electron chi connectivity index (χ3n) is 2.63. The second-order valence-electron chi connectivity index (χ2n) is 4.27. The molecule has 0 unspecified atom stereocenters. The van der Waals surface area contributed by atoms with Crippen molar-refractivity contribution >= 4 is 34.8 Å². The van der Waals surface area contributed by atoms with E-state index in [1.165, 1.54) is 12.8 Å². The van der Waals surface area contributed by atoms with Crippen molar-refractivity contribution in [3.8, 4) is 0 Å². The van der Waals surface area contributed by atoms with Gasteiger partial charge in [-0.25, -0.2) is 4.39 Å². The van der Waals surface area contributed by atoms with Crippen LogP contribution in [0.15, 0.2) is 12.1 Å². The average Bonchev–Trinajstić information content (AvgIpc) is 3.07. The van der Waals surface area contributed by atoms with E-state index >= 15 is 0 Å². The number of nitrogens with one attached hydrogen (secondary N) is 2. The molecule has 6 heteroatoms. The van der Waals surface area contributed by atoms with E-state index in [4.69, 9.17) is 23.2 Å². The maximum Gasteiger partial charge on any atom is 0.225 e. The van der Waals surface area contributed by atoms with E-state index in [-0.39, 0.29) is 21.6 Å². The van der Waals surface area contributed by atoms with Crippen LogP contribution in [0.3, 0.4) is 0 Å². The van der Waals surface area contributed by atoms with Crippen molar-refractivity contribution in [2.24, 2.45) is 0 Å². The van der Waals surface area contributed by atoms with Crippen molar-refractivity contribution < 1.29 is 9.18 Å². The molecule has 1 aliphatic rings. The van der Waals surface area contributed by atoms with Crippen LogP contribution in [0.1, 0.15) is 19.3 Å². The summed E-state index contributed by atoms with van der Waals surface area (Å²) in [5.74, 6) is -0.725. The molecule has 0 spiro atoms. The zero-order valence-corrected chi connectivity index (χ0v) is 11.1. The summed E-state index contributed by atoms with van der Waals surface area (Å²) < 4.78 is 13.0. The fourth-order valence-electron chi connectivity index (χ4n) is 1.54. The molecule has 1 fully saturated rings. The Morgan fingerprint density at radius 1 is 1.33 bits per heavy atom. The quantitative estimate of drug-likeness (QED) is 0.874. The van der Waals surface area contributed by atoms with Gasteiger partial charge in [0, 0.05) is 19.0 Å². The fraction of sp³-hybridized carbons (Fsp3) is 0.417. The summed E-state index contributed by atoms with van der Waals surface area (Å²) in [4.78, 5) is 11.6. The molecule has 0 radical (unpaired) electrons. The minimum Gasteiger partial charge on any atom is -0.324 e. The zero-order valence-electron chi connectivity index (χ0n) is 9.60. The molecular weight excluding hydrogens is 278 g/mol. The van der Waals surface area contributed by atoms with Crippen molar-refractivity contribution in [2.75, 3.05) is 11.9 Å². The van der Waals surface area contributed by atoms with E-state index < -0.39 is 5.82 Å². The van der Waals surface area contributed by atoms with E-state index in [0.717, 1.165) is 12.1 Å². The first-order valence-electron chi connectivity index (χ1n) is 5.74. The molecule has 3 nitrogen and oxygen atoms in total. The van der Waals surface area contributed by atoms with Crippen LogP contribution >= 0.6 is 23.2 Å². The standard InChI is InChI=1S/C12H13Cl2FN2O/c13-9-5-7(15)6-10(14)12(9)17-11(18)3-4-16-8-1-2-8/h5-6,8,16H,1-4H2,(H,17,18). The topological polar surface area (TPSA) is 41.1 Å². The number of carbonyl (C=O) groups excluding carboxylic acids is 1. The van der Waals surface area contributed by atoms with Crippen molar-refractivity contribution in [1.82, 2.24) is 5.32 Å². The molecular formula is C12H13Cl2FN2O. The van der Waals surface area contributed by atoms with Gasteiger partial charge in [-0.05, 0) is 25.0 Å². The van der Waals surface area contributed by atoms with Crippen molar-refractivity contribution in [3.63, 3.8) is 0 Å². The summed E-state index contributed by atoms with van der Waals surface area (Å²) in [7, 11) is 0. The highest BCUT2D eigenvalue weighted by atomic mass is 35.5. The lowest BCUT2D eigenvalue weighted by Gasteiger charge is -2.09. The Morgan fingerprint density at radius 3 is 2.50 bits per heavy atom. The summed E-state index contributed by atoms with van der Waals surface area (Å²) >= 11 is 11.6. The third-order valence-corrected chi connectivity index (χ3v) is 3.23. The SMILES string of the molecule is O=C(CCNC1CC1)Nc1c(Cl)cc(F)cc1Cl. The minimum atomic E-state index is -0.529. The molecule has 1 aromatic carbocycles. The predicted octanol–water partition coefficient (Wildman–Crippen LogP) is 3.21. The van der Waals surface area contributed by atoms with Gasteiger partial charge in [0.05, 0.1) is 15.7 Å². The van der Waals surface area contributed by atoms with E-state index in [1.54, 1.807) is 0 Å². The largest absolute Gasteiger partial charge is 0.324 e. The maximum absolute atomic E-state index is 13.0. The molecule has 2 rings (SSSR count). The summed E-state index contributed by atoms with van der Waals surface area (Å²) in [5.41, 5.74) is 0.260. The van der Waals surface area contributed by atoms with Crippen LogP contribution < -0.4 is 10.6 Å². The van der Waals surface area contributed by atoms with Gasteiger partial charge in [-0.1, -0.05) is 23.2 Å². The first-order valence-corrected chi connectivity index (χ1v) is 6.49. The molecule has 2 N–H and O–H groups in total. The number of benzene rings is 1. The second-order valence-corrected chi connectivity index (χ2v) is 5.09. The van der Waals surface area contributed by atoms with Crippen molar-refractivity contribution in [2.45, 2.75) is 25.3 Å². The van der Waals surface area contributed by atoms with Crippen LogP contribution in [0, 0.1) is 5.82 Å². The first kappa shape index (κ1) is 13.6. The Morgan fingerprint density at radius 2 is 1.94 bits per heavy atom. The lowest BCUT2D eigenvalue weighted by atomic mass is 10.3. The van der Waals surface area contributed by atoms with Gasteiger partial charge in [-0.3, -0.25) is 4.79 Å². The highest BCUT2D eigenvalue weighted by Crippen LogP contribution is 2.31. The van der Waals surface area contributed by atoms with Crippen LogP contribution in [0.4, 0.5) is 10.1 Å². The van der Waals surface area contributed by atoms with Gasteiger partial charge in [0.25, 0.3) is 0 Å². The molecule has 0 aliphatic heterocycles. The number of hydrogen-bond acceptors (Lipinski definition) is 2. The van der Waals surface area contributed by atoms with Gasteiger partial charge >= 0.3 is 0 Å². The molecule has 1 aliphatic carbocycles. The highest BCUT2D eigenvalue weighted by Gasteiger charge is 2.20. The van der Waals surface area contributed by atoms with Gasteiger partial charge in [0.2, 0.25) is 5.91 Å². The summed E-state index contributed by atoms with van der Waals surface area (Å²) in [6, 6.07) is 2.80. The van der Waals surface area contributed by atoms with Gasteiger partial charge in [-0.2, -0.15) is 0 Å².